The summed E-state index contributed by atoms with van der Waals surface area (Å²) in [5, 5.41) is 3.44. The lowest BCUT2D eigenvalue weighted by molar-refractivity contribution is 0.230. The van der Waals surface area contributed by atoms with Crippen molar-refractivity contribution in [3.05, 3.63) is 18.1 Å². The van der Waals surface area contributed by atoms with Gasteiger partial charge in [-0.05, 0) is 26.3 Å². The predicted molar refractivity (Wildman–Crippen MR) is 57.9 cm³/mol. The Kier molecular flexibility index (Phi) is 3.50. The first-order valence-electron chi connectivity index (χ1n) is 5.50. The van der Waals surface area contributed by atoms with Gasteiger partial charge in [-0.15, -0.1) is 0 Å². The summed E-state index contributed by atoms with van der Waals surface area (Å²) in [5.41, 5.74) is 0.855. The van der Waals surface area contributed by atoms with E-state index in [1.54, 1.807) is 12.4 Å². The molecule has 1 aromatic heterocycles. The molecule has 1 N–H and O–H groups in total. The van der Waals surface area contributed by atoms with Crippen molar-refractivity contribution in [2.24, 2.45) is 0 Å². The molecule has 0 bridgehead atoms. The summed E-state index contributed by atoms with van der Waals surface area (Å²) in [6, 6.07) is 0.472. The summed E-state index contributed by atoms with van der Waals surface area (Å²) >= 11 is 0. The summed E-state index contributed by atoms with van der Waals surface area (Å²) in [6.07, 6.45) is 7.11. The van der Waals surface area contributed by atoms with Gasteiger partial charge in [0.05, 0.1) is 5.69 Å². The molecule has 2 rings (SSSR count). The molecule has 1 fully saturated rings. The number of nitrogens with zero attached hydrogens (tertiary/aromatic N) is 2. The number of aromatic nitrogens is 2. The molecular weight excluding hydrogens is 190 g/mol. The van der Waals surface area contributed by atoms with Gasteiger partial charge in [0.2, 0.25) is 5.88 Å². The first kappa shape index (κ1) is 10.4. The van der Waals surface area contributed by atoms with Gasteiger partial charge < -0.3 is 10.1 Å². The van der Waals surface area contributed by atoms with Gasteiger partial charge in [0.15, 0.2) is 0 Å². The zero-order valence-electron chi connectivity index (χ0n) is 9.07. The highest BCUT2D eigenvalue weighted by Gasteiger charge is 2.13. The number of rotatable bonds is 3. The van der Waals surface area contributed by atoms with Crippen LogP contribution in [0.15, 0.2) is 12.4 Å². The van der Waals surface area contributed by atoms with E-state index in [-0.39, 0.29) is 0 Å². The van der Waals surface area contributed by atoms with Crippen LogP contribution in [0.1, 0.15) is 25.0 Å². The molecular formula is C11H17N3O. The van der Waals surface area contributed by atoms with Gasteiger partial charge in [-0.2, -0.15) is 0 Å². The van der Waals surface area contributed by atoms with Gasteiger partial charge in [0.1, 0.15) is 6.61 Å². The molecule has 0 saturated carbocycles. The molecule has 1 aliphatic heterocycles. The van der Waals surface area contributed by atoms with Gasteiger partial charge in [-0.25, -0.2) is 4.98 Å². The zero-order chi connectivity index (χ0) is 10.5. The minimum absolute atomic E-state index is 0.472. The lowest BCUT2D eigenvalue weighted by Gasteiger charge is -2.23. The minimum atomic E-state index is 0.472. The SMILES string of the molecule is Cc1nccnc1OC[C@@H]1CCCCN1. The van der Waals surface area contributed by atoms with Crippen LogP contribution in [0.3, 0.4) is 0 Å². The van der Waals surface area contributed by atoms with E-state index < -0.39 is 0 Å². The maximum atomic E-state index is 5.64. The molecule has 82 valence electrons. The van der Waals surface area contributed by atoms with Crippen LogP contribution in [0, 0.1) is 6.92 Å². The number of piperidine rings is 1. The average Bonchev–Trinajstić information content (AvgIpc) is 2.29. The fourth-order valence-corrected chi connectivity index (χ4v) is 1.78. The largest absolute Gasteiger partial charge is 0.475 e. The van der Waals surface area contributed by atoms with Crippen LogP contribution >= 0.6 is 0 Å². The van der Waals surface area contributed by atoms with E-state index in [0.29, 0.717) is 18.5 Å². The number of hydrogen-bond acceptors (Lipinski definition) is 4. The molecule has 0 unspecified atom stereocenters. The molecule has 4 heteroatoms. The minimum Gasteiger partial charge on any atom is -0.475 e. The van der Waals surface area contributed by atoms with Crippen LogP contribution in [0.25, 0.3) is 0 Å². The Morgan fingerprint density at radius 1 is 1.40 bits per heavy atom. The molecule has 1 aliphatic rings. The lowest BCUT2D eigenvalue weighted by Crippen LogP contribution is -2.38. The number of ether oxygens (including phenoxy) is 1. The first-order valence-corrected chi connectivity index (χ1v) is 5.50. The molecule has 0 aromatic carbocycles. The molecule has 1 atom stereocenters. The maximum Gasteiger partial charge on any atom is 0.235 e. The van der Waals surface area contributed by atoms with Gasteiger partial charge in [-0.1, -0.05) is 6.42 Å². The summed E-state index contributed by atoms with van der Waals surface area (Å²) in [6.45, 7) is 3.71. The van der Waals surface area contributed by atoms with Crippen LogP contribution in [0.5, 0.6) is 5.88 Å². The Morgan fingerprint density at radius 2 is 2.27 bits per heavy atom. The van der Waals surface area contributed by atoms with Gasteiger partial charge in [0, 0.05) is 18.4 Å². The topological polar surface area (TPSA) is 47.0 Å². The van der Waals surface area contributed by atoms with Crippen molar-refractivity contribution in [3.63, 3.8) is 0 Å². The molecule has 1 aromatic rings. The average molecular weight is 207 g/mol. The van der Waals surface area contributed by atoms with Crippen LogP contribution in [-0.2, 0) is 0 Å². The van der Waals surface area contributed by atoms with E-state index >= 15 is 0 Å². The Bertz CT molecular complexity index is 310. The Morgan fingerprint density at radius 3 is 3.00 bits per heavy atom. The fourth-order valence-electron chi connectivity index (χ4n) is 1.78. The van der Waals surface area contributed by atoms with Gasteiger partial charge in [0.25, 0.3) is 0 Å². The monoisotopic (exact) mass is 207 g/mol. The van der Waals surface area contributed by atoms with Gasteiger partial charge in [-0.3, -0.25) is 4.98 Å². The molecule has 15 heavy (non-hydrogen) atoms. The Balaban J connectivity index is 1.84. The van der Waals surface area contributed by atoms with Crippen LogP contribution < -0.4 is 10.1 Å². The van der Waals surface area contributed by atoms with Crippen LogP contribution in [0.4, 0.5) is 0 Å². The van der Waals surface area contributed by atoms with Crippen molar-refractivity contribution in [2.45, 2.75) is 32.2 Å². The molecule has 1 saturated heterocycles. The van der Waals surface area contributed by atoms with Crippen molar-refractivity contribution >= 4 is 0 Å². The number of nitrogens with one attached hydrogen (secondary N) is 1. The van der Waals surface area contributed by atoms with Crippen molar-refractivity contribution < 1.29 is 4.74 Å². The second-order valence-electron chi connectivity index (χ2n) is 3.90. The van der Waals surface area contributed by atoms with Crippen molar-refractivity contribution in [1.29, 1.82) is 0 Å². The molecule has 2 heterocycles. The van der Waals surface area contributed by atoms with E-state index in [4.69, 9.17) is 4.74 Å². The lowest BCUT2D eigenvalue weighted by atomic mass is 10.1. The highest BCUT2D eigenvalue weighted by Crippen LogP contribution is 2.12. The molecule has 0 amide bonds. The standard InChI is InChI=1S/C11H17N3O/c1-9-11(14-7-6-12-9)15-8-10-4-2-3-5-13-10/h6-7,10,13H,2-5,8H2,1H3/t10-/m0/s1. The van der Waals surface area contributed by atoms with Gasteiger partial charge >= 0.3 is 0 Å². The second kappa shape index (κ2) is 5.07. The number of hydrogen-bond donors (Lipinski definition) is 1. The molecule has 4 nitrogen and oxygen atoms in total. The molecule has 0 radical (unpaired) electrons. The highest BCUT2D eigenvalue weighted by atomic mass is 16.5. The third-order valence-corrected chi connectivity index (χ3v) is 2.67. The van der Waals surface area contributed by atoms with E-state index in [1.165, 1.54) is 19.3 Å². The highest BCUT2D eigenvalue weighted by molar-refractivity contribution is 5.14. The van der Waals surface area contributed by atoms with E-state index in [9.17, 15) is 0 Å². The summed E-state index contributed by atoms with van der Waals surface area (Å²) in [7, 11) is 0. The van der Waals surface area contributed by atoms with Crippen molar-refractivity contribution in [1.82, 2.24) is 15.3 Å². The zero-order valence-corrected chi connectivity index (χ0v) is 9.07. The predicted octanol–water partition coefficient (Wildman–Crippen LogP) is 1.31. The third-order valence-electron chi connectivity index (χ3n) is 2.67. The van der Waals surface area contributed by atoms with Crippen LogP contribution in [-0.4, -0.2) is 29.2 Å². The summed E-state index contributed by atoms with van der Waals surface area (Å²) < 4.78 is 5.64. The van der Waals surface area contributed by atoms with Crippen molar-refractivity contribution in [3.8, 4) is 5.88 Å². The smallest absolute Gasteiger partial charge is 0.235 e. The summed E-state index contributed by atoms with van der Waals surface area (Å²) in [5.74, 6) is 0.657. The van der Waals surface area contributed by atoms with Crippen molar-refractivity contribution in [2.75, 3.05) is 13.2 Å². The van der Waals surface area contributed by atoms with E-state index in [0.717, 1.165) is 12.2 Å². The van der Waals surface area contributed by atoms with E-state index in [2.05, 4.69) is 15.3 Å². The fraction of sp³-hybridized carbons (Fsp3) is 0.636. The Hall–Kier alpha value is -1.16. The quantitative estimate of drug-likeness (QED) is 0.811. The summed E-state index contributed by atoms with van der Waals surface area (Å²) in [4.78, 5) is 8.29. The van der Waals surface area contributed by atoms with Crippen LogP contribution in [0.2, 0.25) is 0 Å². The third kappa shape index (κ3) is 2.89. The second-order valence-corrected chi connectivity index (χ2v) is 3.90. The molecule has 0 spiro atoms. The molecule has 0 aliphatic carbocycles. The maximum absolute atomic E-state index is 5.64. The normalized spacial score (nSPS) is 21.3. The number of aryl methyl sites for hydroxylation is 1. The van der Waals surface area contributed by atoms with E-state index in [1.807, 2.05) is 6.92 Å². The Labute approximate surface area is 90.1 Å². The first-order chi connectivity index (χ1) is 7.36.